The van der Waals surface area contributed by atoms with Crippen molar-refractivity contribution in [2.75, 3.05) is 6.79 Å². The molecule has 2 aromatic carbocycles. The number of benzene rings is 2. The minimum Gasteiger partial charge on any atom is -0.455 e. The Morgan fingerprint density at radius 1 is 1.12 bits per heavy atom. The zero-order chi connectivity index (χ0) is 17.9. The van der Waals surface area contributed by atoms with Crippen LogP contribution in [0.3, 0.4) is 0 Å². The fourth-order valence-corrected chi connectivity index (χ4v) is 2.55. The van der Waals surface area contributed by atoms with Crippen molar-refractivity contribution in [1.29, 1.82) is 0 Å². The number of halogens is 1. The van der Waals surface area contributed by atoms with Crippen LogP contribution in [0.15, 0.2) is 47.0 Å². The van der Waals surface area contributed by atoms with Crippen LogP contribution < -0.4 is 9.47 Å². The SMILES string of the molecule is O=C(Cc1ccc(Cl)cc1)OCc1nc(-c2ccc3c(c2)OCO3)no1. The highest BCUT2D eigenvalue weighted by molar-refractivity contribution is 6.30. The van der Waals surface area contributed by atoms with E-state index in [1.165, 1.54) is 0 Å². The van der Waals surface area contributed by atoms with Gasteiger partial charge in [-0.15, -0.1) is 0 Å². The molecule has 1 aliphatic heterocycles. The van der Waals surface area contributed by atoms with Crippen LogP contribution >= 0.6 is 11.6 Å². The van der Waals surface area contributed by atoms with Gasteiger partial charge in [0.1, 0.15) is 0 Å². The van der Waals surface area contributed by atoms with Gasteiger partial charge in [0.2, 0.25) is 12.6 Å². The van der Waals surface area contributed by atoms with E-state index >= 15 is 0 Å². The number of nitrogens with zero attached hydrogens (tertiary/aromatic N) is 2. The van der Waals surface area contributed by atoms with E-state index in [-0.39, 0.29) is 25.7 Å². The Labute approximate surface area is 153 Å². The number of ether oxygens (including phenoxy) is 3. The van der Waals surface area contributed by atoms with Crippen LogP contribution in [-0.4, -0.2) is 22.9 Å². The summed E-state index contributed by atoms with van der Waals surface area (Å²) in [4.78, 5) is 16.1. The second-order valence-corrected chi connectivity index (χ2v) is 5.98. The smallest absolute Gasteiger partial charge is 0.310 e. The summed E-state index contributed by atoms with van der Waals surface area (Å²) in [6, 6.07) is 12.3. The van der Waals surface area contributed by atoms with Gasteiger partial charge in [-0.1, -0.05) is 28.9 Å². The Hall–Kier alpha value is -3.06. The number of carbonyl (C=O) groups excluding carboxylic acids is 1. The molecule has 0 bridgehead atoms. The van der Waals surface area contributed by atoms with E-state index in [4.69, 9.17) is 30.3 Å². The molecule has 7 nitrogen and oxygen atoms in total. The van der Waals surface area contributed by atoms with E-state index in [0.29, 0.717) is 22.3 Å². The summed E-state index contributed by atoms with van der Waals surface area (Å²) in [6.45, 7) is 0.101. The van der Waals surface area contributed by atoms with Crippen LogP contribution in [-0.2, 0) is 22.6 Å². The highest BCUT2D eigenvalue weighted by Crippen LogP contribution is 2.35. The van der Waals surface area contributed by atoms with Crippen molar-refractivity contribution in [2.45, 2.75) is 13.0 Å². The highest BCUT2D eigenvalue weighted by atomic mass is 35.5. The molecule has 0 N–H and O–H groups in total. The normalized spacial score (nSPS) is 12.2. The Morgan fingerprint density at radius 3 is 2.77 bits per heavy atom. The molecule has 0 aliphatic carbocycles. The maximum Gasteiger partial charge on any atom is 0.310 e. The van der Waals surface area contributed by atoms with Crippen LogP contribution in [0.25, 0.3) is 11.4 Å². The zero-order valence-electron chi connectivity index (χ0n) is 13.5. The summed E-state index contributed by atoms with van der Waals surface area (Å²) in [5, 5.41) is 4.51. The minimum atomic E-state index is -0.393. The molecular formula is C18H13ClN2O5. The molecular weight excluding hydrogens is 360 g/mol. The molecule has 2 heterocycles. The first-order valence-corrected chi connectivity index (χ1v) is 8.18. The molecule has 0 radical (unpaired) electrons. The van der Waals surface area contributed by atoms with E-state index in [1.807, 2.05) is 0 Å². The lowest BCUT2D eigenvalue weighted by Crippen LogP contribution is -2.08. The number of carbonyl (C=O) groups is 1. The number of esters is 1. The van der Waals surface area contributed by atoms with E-state index in [0.717, 1.165) is 11.1 Å². The van der Waals surface area contributed by atoms with Gasteiger partial charge in [-0.25, -0.2) is 0 Å². The molecule has 0 spiro atoms. The van der Waals surface area contributed by atoms with Crippen molar-refractivity contribution < 1.29 is 23.5 Å². The van der Waals surface area contributed by atoms with Gasteiger partial charge in [0, 0.05) is 10.6 Å². The van der Waals surface area contributed by atoms with Gasteiger partial charge in [0.25, 0.3) is 5.89 Å². The lowest BCUT2D eigenvalue weighted by molar-refractivity contribution is -0.144. The number of hydrogen-bond acceptors (Lipinski definition) is 7. The topological polar surface area (TPSA) is 83.7 Å². The number of hydrogen-bond donors (Lipinski definition) is 0. The summed E-state index contributed by atoms with van der Waals surface area (Å²) in [7, 11) is 0. The average molecular weight is 373 g/mol. The molecule has 0 atom stereocenters. The summed E-state index contributed by atoms with van der Waals surface area (Å²) >= 11 is 5.81. The second-order valence-electron chi connectivity index (χ2n) is 5.54. The largest absolute Gasteiger partial charge is 0.455 e. The van der Waals surface area contributed by atoms with Crippen molar-refractivity contribution >= 4 is 17.6 Å². The van der Waals surface area contributed by atoms with Gasteiger partial charge in [0.15, 0.2) is 18.1 Å². The quantitative estimate of drug-likeness (QED) is 0.634. The number of rotatable bonds is 5. The van der Waals surface area contributed by atoms with E-state index in [9.17, 15) is 4.79 Å². The first kappa shape index (κ1) is 16.4. The molecule has 26 heavy (non-hydrogen) atoms. The van der Waals surface area contributed by atoms with Crippen molar-refractivity contribution in [3.8, 4) is 22.9 Å². The lowest BCUT2D eigenvalue weighted by Gasteiger charge is -2.02. The average Bonchev–Trinajstić information content (AvgIpc) is 3.30. The molecule has 1 aliphatic rings. The van der Waals surface area contributed by atoms with E-state index in [2.05, 4.69) is 10.1 Å². The van der Waals surface area contributed by atoms with Crippen LogP contribution in [0, 0.1) is 0 Å². The fraction of sp³-hybridized carbons (Fsp3) is 0.167. The minimum absolute atomic E-state index is 0.0933. The number of aromatic nitrogens is 2. The molecule has 0 fully saturated rings. The maximum absolute atomic E-state index is 11.9. The molecule has 1 aromatic heterocycles. The monoisotopic (exact) mass is 372 g/mol. The zero-order valence-corrected chi connectivity index (χ0v) is 14.2. The standard InChI is InChI=1S/C18H13ClN2O5/c19-13-4-1-11(2-5-13)7-17(22)23-9-16-20-18(21-26-16)12-3-6-14-15(8-12)25-10-24-14/h1-6,8H,7,9-10H2. The molecule has 0 amide bonds. The maximum atomic E-state index is 11.9. The molecule has 3 aromatic rings. The highest BCUT2D eigenvalue weighted by Gasteiger charge is 2.17. The van der Waals surface area contributed by atoms with Crippen LogP contribution in [0.1, 0.15) is 11.5 Å². The third-order valence-corrected chi connectivity index (χ3v) is 3.97. The molecule has 132 valence electrons. The summed E-state index contributed by atoms with van der Waals surface area (Å²) in [5.74, 6) is 1.50. The third kappa shape index (κ3) is 3.62. The Morgan fingerprint density at radius 2 is 1.92 bits per heavy atom. The second kappa shape index (κ2) is 7.05. The summed E-state index contributed by atoms with van der Waals surface area (Å²) in [5.41, 5.74) is 1.53. The van der Waals surface area contributed by atoms with Crippen molar-refractivity contribution in [3.63, 3.8) is 0 Å². The predicted molar refractivity (Wildman–Crippen MR) is 90.8 cm³/mol. The van der Waals surface area contributed by atoms with E-state index < -0.39 is 5.97 Å². The predicted octanol–water partition coefficient (Wildman–Crippen LogP) is 3.40. The van der Waals surface area contributed by atoms with Gasteiger partial charge < -0.3 is 18.7 Å². The first-order chi connectivity index (χ1) is 12.7. The van der Waals surface area contributed by atoms with Gasteiger partial charge in [-0.3, -0.25) is 4.79 Å². The lowest BCUT2D eigenvalue weighted by atomic mass is 10.1. The van der Waals surface area contributed by atoms with Crippen molar-refractivity contribution in [3.05, 3.63) is 58.9 Å². The van der Waals surface area contributed by atoms with Crippen molar-refractivity contribution in [1.82, 2.24) is 10.1 Å². The van der Waals surface area contributed by atoms with E-state index in [1.54, 1.807) is 42.5 Å². The van der Waals surface area contributed by atoms with Crippen LogP contribution in [0.2, 0.25) is 5.02 Å². The summed E-state index contributed by atoms with van der Waals surface area (Å²) < 4.78 is 20.9. The Balaban J connectivity index is 1.36. The molecule has 0 saturated carbocycles. The van der Waals surface area contributed by atoms with Crippen LogP contribution in [0.5, 0.6) is 11.5 Å². The molecule has 8 heteroatoms. The van der Waals surface area contributed by atoms with Gasteiger partial charge in [-0.05, 0) is 35.9 Å². The third-order valence-electron chi connectivity index (χ3n) is 3.72. The fourth-order valence-electron chi connectivity index (χ4n) is 2.43. The first-order valence-electron chi connectivity index (χ1n) is 7.80. The van der Waals surface area contributed by atoms with Gasteiger partial charge in [0.05, 0.1) is 6.42 Å². The molecule has 0 saturated heterocycles. The van der Waals surface area contributed by atoms with Gasteiger partial charge >= 0.3 is 5.97 Å². The summed E-state index contributed by atoms with van der Waals surface area (Å²) in [6.07, 6.45) is 0.139. The molecule has 0 unspecified atom stereocenters. The Kier molecular flexibility index (Phi) is 4.45. The number of fused-ring (bicyclic) bond motifs is 1. The van der Waals surface area contributed by atoms with Crippen molar-refractivity contribution in [2.24, 2.45) is 0 Å². The van der Waals surface area contributed by atoms with Gasteiger partial charge in [-0.2, -0.15) is 4.98 Å². The Bertz CT molecular complexity index is 939. The molecule has 4 rings (SSSR count). The van der Waals surface area contributed by atoms with Crippen LogP contribution in [0.4, 0.5) is 0 Å².